The first-order valence-electron chi connectivity index (χ1n) is 10.9. The molecule has 1 fully saturated rings. The maximum Gasteiger partial charge on any atom is 0.321 e. The van der Waals surface area contributed by atoms with Gasteiger partial charge < -0.3 is 15.6 Å². The number of rotatable bonds is 6. The molecular formula is C23H24N8O3. The maximum absolute atomic E-state index is 12.8. The molecule has 2 unspecified atom stereocenters. The number of aromatic amines is 1. The van der Waals surface area contributed by atoms with Crippen LogP contribution in [0.15, 0.2) is 60.2 Å². The van der Waals surface area contributed by atoms with Gasteiger partial charge in [0.1, 0.15) is 23.2 Å². The molecule has 4 N–H and O–H groups in total. The van der Waals surface area contributed by atoms with Crippen molar-refractivity contribution < 1.29 is 9.84 Å². The first-order chi connectivity index (χ1) is 16.5. The molecule has 11 nitrogen and oxygen atoms in total. The van der Waals surface area contributed by atoms with Gasteiger partial charge in [-0.1, -0.05) is 6.58 Å². The summed E-state index contributed by atoms with van der Waals surface area (Å²) in [5.41, 5.74) is 7.49. The summed E-state index contributed by atoms with van der Waals surface area (Å²) in [6.07, 6.45) is 5.59. The number of fused-ring (bicyclic) bond motifs is 1. The maximum atomic E-state index is 12.8. The largest absolute Gasteiger partial charge is 0.424 e. The highest BCUT2D eigenvalue weighted by Crippen LogP contribution is 2.34. The molecule has 2 atom stereocenters. The lowest BCUT2D eigenvalue weighted by molar-refractivity contribution is 0.0127. The number of benzene rings is 1. The molecule has 0 aliphatic carbocycles. The summed E-state index contributed by atoms with van der Waals surface area (Å²) in [6, 6.07) is 9.04. The molecule has 11 heteroatoms. The number of H-pyrrole nitrogens is 1. The summed E-state index contributed by atoms with van der Waals surface area (Å²) in [7, 11) is 0. The first kappa shape index (κ1) is 21.7. The highest BCUT2D eigenvalue weighted by molar-refractivity contribution is 5.99. The van der Waals surface area contributed by atoms with Crippen LogP contribution in [-0.2, 0) is 0 Å². The molecule has 174 valence electrons. The predicted octanol–water partition coefficient (Wildman–Crippen LogP) is 2.09. The van der Waals surface area contributed by atoms with Crippen molar-refractivity contribution in [3.05, 3.63) is 65.7 Å². The minimum atomic E-state index is -0.754. The number of nitrogens with zero attached hydrogens (tertiary/aromatic N) is 6. The smallest absolute Gasteiger partial charge is 0.321 e. The second-order valence-electron chi connectivity index (χ2n) is 8.05. The molecule has 1 aliphatic rings. The molecule has 4 heterocycles. The number of likely N-dealkylation sites (tertiary alicyclic amines) is 1. The average molecular weight is 460 g/mol. The highest BCUT2D eigenvalue weighted by Gasteiger charge is 2.29. The number of nitrogens with two attached hydrogens (primary N) is 1. The third-order valence-corrected chi connectivity index (χ3v) is 5.90. The normalized spacial score (nSPS) is 17.5. The van der Waals surface area contributed by atoms with Crippen molar-refractivity contribution in [3.8, 4) is 23.0 Å². The van der Waals surface area contributed by atoms with Gasteiger partial charge in [-0.15, -0.1) is 0 Å². The van der Waals surface area contributed by atoms with Gasteiger partial charge in [0.05, 0.1) is 11.4 Å². The lowest BCUT2D eigenvalue weighted by atomic mass is 10.1. The number of anilines is 1. The Morgan fingerprint density at radius 2 is 2.03 bits per heavy atom. The molecule has 1 aromatic carbocycles. The standard InChI is InChI=1S/C23H24N8O3/c1-2-17(32)30-12-3-5-15(13-30)31-20-18(21(24)27-28-22(20)33)19(29-31)14-6-8-16(9-7-14)34-23-25-10-4-11-26-23/h2,4,6-11,15,17,32H,1,3,5,12-13H2,(H2,24,27)(H,28,33). The number of hydrogen-bond donors (Lipinski definition) is 3. The lowest BCUT2D eigenvalue weighted by Gasteiger charge is -2.34. The fourth-order valence-corrected chi connectivity index (χ4v) is 4.28. The second kappa shape index (κ2) is 9.04. The van der Waals surface area contributed by atoms with E-state index in [0.29, 0.717) is 28.9 Å². The Morgan fingerprint density at radius 1 is 1.26 bits per heavy atom. The van der Waals surface area contributed by atoms with Crippen molar-refractivity contribution in [1.82, 2.24) is 34.8 Å². The molecule has 34 heavy (non-hydrogen) atoms. The van der Waals surface area contributed by atoms with E-state index >= 15 is 0 Å². The van der Waals surface area contributed by atoms with E-state index in [9.17, 15) is 9.90 Å². The third-order valence-electron chi connectivity index (χ3n) is 5.90. The first-order valence-corrected chi connectivity index (χ1v) is 10.9. The van der Waals surface area contributed by atoms with Crippen LogP contribution in [0.2, 0.25) is 0 Å². The number of hydrogen-bond acceptors (Lipinski definition) is 9. The summed E-state index contributed by atoms with van der Waals surface area (Å²) in [6.45, 7) is 4.94. The monoisotopic (exact) mass is 460 g/mol. The molecule has 0 amide bonds. The van der Waals surface area contributed by atoms with Gasteiger partial charge in [0.2, 0.25) is 0 Å². The number of piperidine rings is 1. The van der Waals surface area contributed by atoms with E-state index in [1.807, 2.05) is 17.0 Å². The van der Waals surface area contributed by atoms with Gasteiger partial charge in [0.25, 0.3) is 5.56 Å². The molecule has 3 aromatic heterocycles. The lowest BCUT2D eigenvalue weighted by Crippen LogP contribution is -2.42. The molecule has 0 saturated carbocycles. The molecular weight excluding hydrogens is 436 g/mol. The third kappa shape index (κ3) is 4.02. The van der Waals surface area contributed by atoms with Crippen molar-refractivity contribution in [2.45, 2.75) is 25.1 Å². The Bertz CT molecular complexity index is 1370. The van der Waals surface area contributed by atoms with Crippen molar-refractivity contribution in [3.63, 3.8) is 0 Å². The van der Waals surface area contributed by atoms with E-state index in [4.69, 9.17) is 15.6 Å². The predicted molar refractivity (Wildman–Crippen MR) is 126 cm³/mol. The number of nitrogens with one attached hydrogen (secondary N) is 1. The summed E-state index contributed by atoms with van der Waals surface area (Å²) < 4.78 is 7.38. The van der Waals surface area contributed by atoms with E-state index in [-0.39, 0.29) is 23.4 Å². The van der Waals surface area contributed by atoms with Gasteiger partial charge in [0, 0.05) is 31.0 Å². The Labute approximate surface area is 194 Å². The number of aliphatic hydroxyl groups is 1. The van der Waals surface area contributed by atoms with Crippen LogP contribution in [0.25, 0.3) is 22.2 Å². The summed E-state index contributed by atoms with van der Waals surface area (Å²) in [4.78, 5) is 22.8. The highest BCUT2D eigenvalue weighted by atomic mass is 16.5. The molecule has 0 radical (unpaired) electrons. The topological polar surface area (TPSA) is 148 Å². The van der Waals surface area contributed by atoms with Crippen LogP contribution in [0.5, 0.6) is 11.8 Å². The zero-order valence-electron chi connectivity index (χ0n) is 18.3. The van der Waals surface area contributed by atoms with Crippen molar-refractivity contribution in [1.29, 1.82) is 0 Å². The molecule has 1 aliphatic heterocycles. The van der Waals surface area contributed by atoms with Gasteiger partial charge in [0.15, 0.2) is 5.82 Å². The van der Waals surface area contributed by atoms with E-state index in [1.165, 1.54) is 6.08 Å². The molecule has 4 aromatic rings. The average Bonchev–Trinajstić information content (AvgIpc) is 3.29. The number of aromatic nitrogens is 6. The van der Waals surface area contributed by atoms with E-state index in [2.05, 4.69) is 26.7 Å². The zero-order valence-corrected chi connectivity index (χ0v) is 18.3. The van der Waals surface area contributed by atoms with Crippen LogP contribution in [-0.4, -0.2) is 59.3 Å². The quantitative estimate of drug-likeness (QED) is 0.368. The number of aliphatic hydroxyl groups excluding tert-OH is 1. The summed E-state index contributed by atoms with van der Waals surface area (Å²) in [5, 5.41) is 22.0. The van der Waals surface area contributed by atoms with Crippen LogP contribution < -0.4 is 16.0 Å². The van der Waals surface area contributed by atoms with Crippen molar-refractivity contribution in [2.75, 3.05) is 18.8 Å². The fourth-order valence-electron chi connectivity index (χ4n) is 4.28. The van der Waals surface area contributed by atoms with Crippen molar-refractivity contribution in [2.24, 2.45) is 0 Å². The van der Waals surface area contributed by atoms with Gasteiger partial charge >= 0.3 is 6.01 Å². The zero-order chi connectivity index (χ0) is 23.7. The minimum Gasteiger partial charge on any atom is -0.424 e. The SMILES string of the molecule is C=CC(O)N1CCCC(n2nc(-c3ccc(Oc4ncccn4)cc3)c3c(N)n[nH]c(=O)c32)C1. The molecule has 0 spiro atoms. The fraction of sp³-hybridized carbons (Fsp3) is 0.261. The molecule has 5 rings (SSSR count). The van der Waals surface area contributed by atoms with Gasteiger partial charge in [-0.05, 0) is 49.2 Å². The minimum absolute atomic E-state index is 0.125. The molecule has 0 bridgehead atoms. The summed E-state index contributed by atoms with van der Waals surface area (Å²) >= 11 is 0. The van der Waals surface area contributed by atoms with E-state index in [1.54, 1.807) is 35.3 Å². The van der Waals surface area contributed by atoms with E-state index in [0.717, 1.165) is 24.9 Å². The Morgan fingerprint density at radius 3 is 2.76 bits per heavy atom. The number of nitrogen functional groups attached to an aromatic ring is 1. The van der Waals surface area contributed by atoms with E-state index < -0.39 is 6.23 Å². The second-order valence-corrected chi connectivity index (χ2v) is 8.05. The molecule has 1 saturated heterocycles. The Hall–Kier alpha value is -4.09. The Kier molecular flexibility index (Phi) is 5.78. The Balaban J connectivity index is 1.54. The van der Waals surface area contributed by atoms with Gasteiger partial charge in [-0.2, -0.15) is 10.2 Å². The summed E-state index contributed by atoms with van der Waals surface area (Å²) in [5.74, 6) is 0.747. The van der Waals surface area contributed by atoms with Crippen LogP contribution in [0.1, 0.15) is 18.9 Å². The number of ether oxygens (including phenoxy) is 1. The van der Waals surface area contributed by atoms with Gasteiger partial charge in [-0.3, -0.25) is 14.4 Å². The van der Waals surface area contributed by atoms with Crippen LogP contribution in [0.4, 0.5) is 5.82 Å². The van der Waals surface area contributed by atoms with Crippen LogP contribution in [0.3, 0.4) is 0 Å². The van der Waals surface area contributed by atoms with Gasteiger partial charge in [-0.25, -0.2) is 15.1 Å². The van der Waals surface area contributed by atoms with Crippen LogP contribution in [0, 0.1) is 0 Å². The van der Waals surface area contributed by atoms with Crippen molar-refractivity contribution >= 4 is 16.7 Å². The van der Waals surface area contributed by atoms with Crippen LogP contribution >= 0.6 is 0 Å².